The normalized spacial score (nSPS) is 30.2. The number of aliphatic hydroxyl groups is 1. The lowest BCUT2D eigenvalue weighted by Gasteiger charge is -2.39. The summed E-state index contributed by atoms with van der Waals surface area (Å²) in [5, 5.41) is 12.4. The summed E-state index contributed by atoms with van der Waals surface area (Å²) in [6.07, 6.45) is 17.8. The van der Waals surface area contributed by atoms with Crippen LogP contribution in [0.5, 0.6) is 0 Å². The van der Waals surface area contributed by atoms with Crippen molar-refractivity contribution in [3.8, 4) is 0 Å². The van der Waals surface area contributed by atoms with E-state index in [0.29, 0.717) is 36.0 Å². The van der Waals surface area contributed by atoms with Gasteiger partial charge in [-0.2, -0.15) is 0 Å². The quantitative estimate of drug-likeness (QED) is 0.173. The van der Waals surface area contributed by atoms with Gasteiger partial charge in [0.25, 0.3) is 0 Å². The van der Waals surface area contributed by atoms with Crippen LogP contribution in [-0.2, 0) is 19.1 Å². The molecule has 2 saturated carbocycles. The van der Waals surface area contributed by atoms with Gasteiger partial charge >= 0.3 is 5.97 Å². The van der Waals surface area contributed by atoms with Gasteiger partial charge in [-0.05, 0) is 74.5 Å². The van der Waals surface area contributed by atoms with Gasteiger partial charge in [0, 0.05) is 52.6 Å². The van der Waals surface area contributed by atoms with E-state index in [4.69, 9.17) is 15.2 Å². The predicted octanol–water partition coefficient (Wildman–Crippen LogP) is 4.78. The van der Waals surface area contributed by atoms with Crippen molar-refractivity contribution in [2.24, 2.45) is 33.9 Å². The molecule has 2 aliphatic carbocycles. The van der Waals surface area contributed by atoms with Gasteiger partial charge in [-0.1, -0.05) is 26.2 Å². The predicted molar refractivity (Wildman–Crippen MR) is 169 cm³/mol. The Morgan fingerprint density at radius 2 is 2.00 bits per heavy atom. The second-order valence-electron chi connectivity index (χ2n) is 14.2. The first-order chi connectivity index (χ1) is 20.7. The van der Waals surface area contributed by atoms with E-state index in [1.54, 1.807) is 7.11 Å². The van der Waals surface area contributed by atoms with Crippen LogP contribution < -0.4 is 11.1 Å². The van der Waals surface area contributed by atoms with Crippen LogP contribution in [-0.4, -0.2) is 61.2 Å². The summed E-state index contributed by atoms with van der Waals surface area (Å²) in [4.78, 5) is 29.5. The summed E-state index contributed by atoms with van der Waals surface area (Å²) in [6.45, 7) is 6.89. The number of aliphatic imine (C=N–C) groups is 1. The van der Waals surface area contributed by atoms with Crippen LogP contribution in [0.3, 0.4) is 0 Å². The number of carbonyl (C=O) groups is 2. The van der Waals surface area contributed by atoms with Crippen LogP contribution in [0, 0.1) is 29.7 Å². The van der Waals surface area contributed by atoms with Gasteiger partial charge in [0.1, 0.15) is 30.2 Å². The van der Waals surface area contributed by atoms with Gasteiger partial charge in [-0.15, -0.1) is 4.99 Å². The fraction of sp³-hybridized carbons (Fsp3) is 0.829. The molecule has 1 saturated heterocycles. The molecular formula is C35H59N3O5+2. The van der Waals surface area contributed by atoms with Crippen molar-refractivity contribution in [1.29, 1.82) is 0 Å². The van der Waals surface area contributed by atoms with E-state index < -0.39 is 6.10 Å². The summed E-state index contributed by atoms with van der Waals surface area (Å²) >= 11 is 0. The number of allylic oxidation sites excluding steroid dienone is 1. The van der Waals surface area contributed by atoms with Gasteiger partial charge in [-0.3, -0.25) is 15.3 Å². The fourth-order valence-electron chi connectivity index (χ4n) is 8.58. The van der Waals surface area contributed by atoms with Crippen LogP contribution in [0.15, 0.2) is 16.1 Å². The molecule has 8 heteroatoms. The van der Waals surface area contributed by atoms with E-state index in [1.165, 1.54) is 50.2 Å². The van der Waals surface area contributed by atoms with Crippen molar-refractivity contribution in [2.45, 2.75) is 147 Å². The second kappa shape index (κ2) is 16.5. The van der Waals surface area contributed by atoms with Crippen LogP contribution >= 0.6 is 0 Å². The lowest BCUT2D eigenvalue weighted by molar-refractivity contribution is -0.700. The smallest absolute Gasteiger partial charge is 0.302 e. The molecule has 0 radical (unpaired) electrons. The first-order valence-corrected chi connectivity index (χ1v) is 17.3. The molecule has 242 valence electrons. The molecule has 0 aromatic carbocycles. The highest BCUT2D eigenvalue weighted by atomic mass is 16.5. The lowest BCUT2D eigenvalue weighted by atomic mass is 9.65. The summed E-state index contributed by atoms with van der Waals surface area (Å²) in [7, 11) is 1.64. The standard InChI is InChI=1S/C35H58N3O5/c1-4-25(8-11-31(43-24(2)39)20-30(40)10-7-26-9-12-32(41)33(18-26)42-3)17-27-22-37-23-28(27)21-35(14-5-6-15-35)29-13-16-38-34(36)19-29/h22-23,25-26,29,31-34,38,41H,4-21,36H2,1-3H3/q+1/p+1/t25-,26?,29?,31-,32?,33?,34?/m1/s1. The van der Waals surface area contributed by atoms with Crippen molar-refractivity contribution in [2.75, 3.05) is 13.7 Å². The molecule has 5 unspecified atom stereocenters. The van der Waals surface area contributed by atoms with Crippen molar-refractivity contribution >= 4 is 18.0 Å². The number of ketones is 1. The molecule has 0 bridgehead atoms. The Hall–Kier alpha value is -1.74. The number of carbonyl (C=O) groups excluding carboxylic acids is 2. The maximum atomic E-state index is 13.0. The molecule has 2 heterocycles. The minimum atomic E-state index is -0.407. The SMILES string of the molecule is CC[C@H](CC[C@H](CC(=O)CCC1CCC(O)C(OC)C1)OC(C)=O)CC1=C(CC2(C3CC[NH2+]C(N)C3)CCCC2)C=N[CH+]1. The zero-order valence-corrected chi connectivity index (χ0v) is 27.1. The van der Waals surface area contributed by atoms with E-state index in [9.17, 15) is 14.7 Å². The fourth-order valence-corrected chi connectivity index (χ4v) is 8.58. The Morgan fingerprint density at radius 1 is 1.21 bits per heavy atom. The summed E-state index contributed by atoms with van der Waals surface area (Å²) < 4.78 is 11.1. The molecular weight excluding hydrogens is 542 g/mol. The van der Waals surface area contributed by atoms with E-state index in [2.05, 4.69) is 30.0 Å². The van der Waals surface area contributed by atoms with Gasteiger partial charge in [0.2, 0.25) is 0 Å². The Bertz CT molecular complexity index is 975. The molecule has 0 aromatic rings. The van der Waals surface area contributed by atoms with E-state index in [-0.39, 0.29) is 36.5 Å². The minimum absolute atomic E-state index is 0.139. The minimum Gasteiger partial charge on any atom is -0.462 e. The number of nitrogens with zero attached hydrogens (tertiary/aromatic N) is 1. The molecule has 5 N–H and O–H groups in total. The third kappa shape index (κ3) is 9.87. The molecule has 7 atom stereocenters. The number of hydrogen-bond donors (Lipinski definition) is 3. The molecule has 43 heavy (non-hydrogen) atoms. The molecule has 4 rings (SSSR count). The van der Waals surface area contributed by atoms with Crippen molar-refractivity contribution in [1.82, 2.24) is 0 Å². The first kappa shape index (κ1) is 34.1. The average molecular weight is 602 g/mol. The van der Waals surface area contributed by atoms with Crippen LogP contribution in [0.25, 0.3) is 0 Å². The van der Waals surface area contributed by atoms with Crippen LogP contribution in [0.2, 0.25) is 0 Å². The monoisotopic (exact) mass is 601 g/mol. The number of methoxy groups -OCH3 is 1. The first-order valence-electron chi connectivity index (χ1n) is 17.3. The Balaban J connectivity index is 1.30. The van der Waals surface area contributed by atoms with E-state index in [1.807, 2.05) is 0 Å². The summed E-state index contributed by atoms with van der Waals surface area (Å²) in [5.41, 5.74) is 9.54. The van der Waals surface area contributed by atoms with Crippen LogP contribution in [0.1, 0.15) is 123 Å². The van der Waals surface area contributed by atoms with Crippen molar-refractivity contribution in [3.63, 3.8) is 0 Å². The number of esters is 1. The number of hydrogen-bond acceptors (Lipinski definition) is 7. The maximum Gasteiger partial charge on any atom is 0.302 e. The number of aliphatic hydroxyl groups excluding tert-OH is 1. The number of quaternary nitrogens is 1. The number of Topliss-reactive ketones (excluding diaryl/α,β-unsaturated/α-hetero) is 1. The van der Waals surface area contributed by atoms with E-state index >= 15 is 0 Å². The number of ether oxygens (including phenoxy) is 2. The number of piperidine rings is 1. The van der Waals surface area contributed by atoms with Gasteiger partial charge < -0.3 is 19.9 Å². The Labute approximate surface area is 260 Å². The third-order valence-electron chi connectivity index (χ3n) is 11.2. The molecule has 2 aliphatic heterocycles. The molecule has 8 nitrogen and oxygen atoms in total. The number of nitrogens with two attached hydrogens (primary N) is 2. The molecule has 0 amide bonds. The third-order valence-corrected chi connectivity index (χ3v) is 11.2. The van der Waals surface area contributed by atoms with Gasteiger partial charge in [-0.25, -0.2) is 0 Å². The zero-order chi connectivity index (χ0) is 30.8. The molecule has 0 spiro atoms. The maximum absolute atomic E-state index is 13.0. The lowest BCUT2D eigenvalue weighted by Crippen LogP contribution is -2.94. The average Bonchev–Trinajstić information content (AvgIpc) is 3.64. The highest BCUT2D eigenvalue weighted by Gasteiger charge is 2.46. The summed E-state index contributed by atoms with van der Waals surface area (Å²) in [6, 6.07) is 0. The topological polar surface area (TPSA) is 128 Å². The largest absolute Gasteiger partial charge is 0.462 e. The number of rotatable bonds is 16. The Morgan fingerprint density at radius 3 is 2.70 bits per heavy atom. The van der Waals surface area contributed by atoms with Crippen molar-refractivity contribution < 1.29 is 29.5 Å². The van der Waals surface area contributed by atoms with Crippen molar-refractivity contribution in [3.05, 3.63) is 17.7 Å². The van der Waals surface area contributed by atoms with Crippen LogP contribution in [0.4, 0.5) is 0 Å². The molecule has 3 fully saturated rings. The molecule has 0 aromatic heterocycles. The highest BCUT2D eigenvalue weighted by Crippen LogP contribution is 2.52. The molecule has 4 aliphatic rings. The van der Waals surface area contributed by atoms with Gasteiger partial charge in [0.05, 0.1) is 24.3 Å². The van der Waals surface area contributed by atoms with Gasteiger partial charge in [0.15, 0.2) is 6.21 Å². The summed E-state index contributed by atoms with van der Waals surface area (Å²) in [5.74, 6) is 1.38. The highest BCUT2D eigenvalue weighted by molar-refractivity contribution is 5.84. The van der Waals surface area contributed by atoms with E-state index in [0.717, 1.165) is 64.3 Å². The second-order valence-corrected chi connectivity index (χ2v) is 14.2. The zero-order valence-electron chi connectivity index (χ0n) is 27.1. The Kier molecular flexibility index (Phi) is 13.1.